The Kier molecular flexibility index (Phi) is 7.46. The van der Waals surface area contributed by atoms with Gasteiger partial charge in [-0.15, -0.1) is 0 Å². The highest BCUT2D eigenvalue weighted by Gasteiger charge is 2.19. The van der Waals surface area contributed by atoms with Crippen LogP contribution in [-0.4, -0.2) is 39.8 Å². The summed E-state index contributed by atoms with van der Waals surface area (Å²) in [4.78, 5) is 35.0. The minimum Gasteiger partial charge on any atom is -0.337 e. The number of hydrogen-bond acceptors (Lipinski definition) is 4. The molecule has 144 valence electrons. The molecule has 0 unspecified atom stereocenters. The average Bonchev–Trinajstić information content (AvgIpc) is 2.63. The van der Waals surface area contributed by atoms with Crippen LogP contribution in [0.4, 0.5) is 5.69 Å². The Morgan fingerprint density at radius 3 is 2.33 bits per heavy atom. The number of nitrogens with zero attached hydrogens (tertiary/aromatic N) is 3. The topological polar surface area (TPSA) is 75.2 Å². The molecule has 0 aliphatic heterocycles. The second-order valence-electron chi connectivity index (χ2n) is 7.18. The first kappa shape index (κ1) is 20.6. The number of benzene rings is 1. The number of nitrogens with one attached hydrogen (secondary N) is 1. The Morgan fingerprint density at radius 2 is 1.74 bits per heavy atom. The SMILES string of the molecule is Cc1ccc(NC(=O)CCN(CCC(C)C)C(=O)c2cnc(C)cn2)cc1. The third-order valence-electron chi connectivity index (χ3n) is 4.21. The van der Waals surface area contributed by atoms with Crippen LogP contribution in [0.1, 0.15) is 48.4 Å². The van der Waals surface area contributed by atoms with E-state index in [4.69, 9.17) is 0 Å². The van der Waals surface area contributed by atoms with E-state index in [1.165, 1.54) is 6.20 Å². The molecule has 0 atom stereocenters. The van der Waals surface area contributed by atoms with E-state index in [1.54, 1.807) is 11.1 Å². The van der Waals surface area contributed by atoms with Crippen molar-refractivity contribution in [2.45, 2.75) is 40.5 Å². The molecule has 1 aromatic heterocycles. The first-order valence-electron chi connectivity index (χ1n) is 9.29. The standard InChI is InChI=1S/C21H28N4O2/c1-15(2)9-11-25(21(27)19-14-22-17(4)13-23-19)12-10-20(26)24-18-7-5-16(3)6-8-18/h5-8,13-15H,9-12H2,1-4H3,(H,24,26). The fourth-order valence-electron chi connectivity index (χ4n) is 2.49. The summed E-state index contributed by atoms with van der Waals surface area (Å²) < 4.78 is 0. The molecule has 1 heterocycles. The zero-order valence-electron chi connectivity index (χ0n) is 16.5. The predicted octanol–water partition coefficient (Wildman–Crippen LogP) is 3.61. The molecule has 0 radical (unpaired) electrons. The van der Waals surface area contributed by atoms with Crippen LogP contribution in [0.3, 0.4) is 0 Å². The highest BCUT2D eigenvalue weighted by atomic mass is 16.2. The Morgan fingerprint density at radius 1 is 1.04 bits per heavy atom. The molecule has 6 nitrogen and oxygen atoms in total. The van der Waals surface area contributed by atoms with Crippen molar-refractivity contribution in [3.63, 3.8) is 0 Å². The number of anilines is 1. The van der Waals surface area contributed by atoms with Gasteiger partial charge in [0.15, 0.2) is 0 Å². The van der Waals surface area contributed by atoms with Gasteiger partial charge < -0.3 is 10.2 Å². The van der Waals surface area contributed by atoms with Crippen molar-refractivity contribution in [1.29, 1.82) is 0 Å². The lowest BCUT2D eigenvalue weighted by atomic mass is 10.1. The van der Waals surface area contributed by atoms with Gasteiger partial charge >= 0.3 is 0 Å². The third kappa shape index (κ3) is 6.81. The summed E-state index contributed by atoms with van der Waals surface area (Å²) in [5, 5.41) is 2.87. The summed E-state index contributed by atoms with van der Waals surface area (Å²) in [5.74, 6) is 0.160. The molecule has 27 heavy (non-hydrogen) atoms. The molecule has 0 aliphatic rings. The maximum Gasteiger partial charge on any atom is 0.274 e. The van der Waals surface area contributed by atoms with E-state index in [2.05, 4.69) is 29.1 Å². The lowest BCUT2D eigenvalue weighted by Crippen LogP contribution is -2.35. The Hall–Kier alpha value is -2.76. The van der Waals surface area contributed by atoms with Gasteiger partial charge in [0.25, 0.3) is 5.91 Å². The minimum atomic E-state index is -0.189. The van der Waals surface area contributed by atoms with Gasteiger partial charge in [-0.05, 0) is 38.3 Å². The van der Waals surface area contributed by atoms with Crippen LogP contribution in [0.2, 0.25) is 0 Å². The van der Waals surface area contributed by atoms with E-state index >= 15 is 0 Å². The smallest absolute Gasteiger partial charge is 0.274 e. The van der Waals surface area contributed by atoms with Crippen LogP contribution >= 0.6 is 0 Å². The second kappa shape index (κ2) is 9.80. The first-order chi connectivity index (χ1) is 12.8. The zero-order chi connectivity index (χ0) is 19.8. The van der Waals surface area contributed by atoms with Gasteiger partial charge in [-0.2, -0.15) is 0 Å². The van der Waals surface area contributed by atoms with Gasteiger partial charge in [0, 0.05) is 31.4 Å². The molecule has 2 rings (SSSR count). The number of aryl methyl sites for hydroxylation is 2. The van der Waals surface area contributed by atoms with Crippen LogP contribution in [-0.2, 0) is 4.79 Å². The Labute approximate surface area is 161 Å². The van der Waals surface area contributed by atoms with Gasteiger partial charge in [0.1, 0.15) is 5.69 Å². The molecular weight excluding hydrogens is 340 g/mol. The third-order valence-corrected chi connectivity index (χ3v) is 4.21. The maximum atomic E-state index is 12.8. The largest absolute Gasteiger partial charge is 0.337 e. The number of amides is 2. The molecule has 1 aromatic carbocycles. The van der Waals surface area contributed by atoms with Crippen molar-refractivity contribution >= 4 is 17.5 Å². The Balaban J connectivity index is 1.98. The second-order valence-corrected chi connectivity index (χ2v) is 7.18. The average molecular weight is 368 g/mol. The van der Waals surface area contributed by atoms with Gasteiger partial charge in [0.2, 0.25) is 5.91 Å². The van der Waals surface area contributed by atoms with E-state index in [0.717, 1.165) is 23.4 Å². The summed E-state index contributed by atoms with van der Waals surface area (Å²) in [6, 6.07) is 7.64. The number of rotatable bonds is 8. The number of aromatic nitrogens is 2. The molecule has 0 saturated carbocycles. The predicted molar refractivity (Wildman–Crippen MR) is 107 cm³/mol. The highest BCUT2D eigenvalue weighted by molar-refractivity contribution is 5.93. The quantitative estimate of drug-likeness (QED) is 0.772. The monoisotopic (exact) mass is 368 g/mol. The van der Waals surface area contributed by atoms with Crippen LogP contribution in [0.15, 0.2) is 36.7 Å². The van der Waals surface area contributed by atoms with Gasteiger partial charge in [0.05, 0.1) is 11.9 Å². The number of hydrogen-bond donors (Lipinski definition) is 1. The molecule has 2 amide bonds. The maximum absolute atomic E-state index is 12.8. The van der Waals surface area contributed by atoms with Crippen molar-refractivity contribution in [2.24, 2.45) is 5.92 Å². The minimum absolute atomic E-state index is 0.115. The molecule has 1 N–H and O–H groups in total. The lowest BCUT2D eigenvalue weighted by molar-refractivity contribution is -0.116. The van der Waals surface area contributed by atoms with Crippen LogP contribution in [0.5, 0.6) is 0 Å². The van der Waals surface area contributed by atoms with Crippen molar-refractivity contribution in [3.8, 4) is 0 Å². The van der Waals surface area contributed by atoms with Crippen LogP contribution < -0.4 is 5.32 Å². The van der Waals surface area contributed by atoms with Gasteiger partial charge in [-0.25, -0.2) is 4.98 Å². The van der Waals surface area contributed by atoms with Crippen molar-refractivity contribution in [1.82, 2.24) is 14.9 Å². The van der Waals surface area contributed by atoms with E-state index in [9.17, 15) is 9.59 Å². The zero-order valence-corrected chi connectivity index (χ0v) is 16.5. The van der Waals surface area contributed by atoms with E-state index < -0.39 is 0 Å². The first-order valence-corrected chi connectivity index (χ1v) is 9.29. The van der Waals surface area contributed by atoms with Crippen molar-refractivity contribution in [2.75, 3.05) is 18.4 Å². The lowest BCUT2D eigenvalue weighted by Gasteiger charge is -2.23. The number of carbonyl (C=O) groups is 2. The van der Waals surface area contributed by atoms with E-state index in [-0.39, 0.29) is 18.2 Å². The molecule has 6 heteroatoms. The van der Waals surface area contributed by atoms with Crippen LogP contribution in [0.25, 0.3) is 0 Å². The molecule has 0 saturated heterocycles. The summed E-state index contributed by atoms with van der Waals surface area (Å²) >= 11 is 0. The summed E-state index contributed by atoms with van der Waals surface area (Å²) in [5.41, 5.74) is 2.97. The fourth-order valence-corrected chi connectivity index (χ4v) is 2.49. The van der Waals surface area contributed by atoms with Gasteiger partial charge in [-0.3, -0.25) is 14.6 Å². The molecular formula is C21H28N4O2. The molecule has 2 aromatic rings. The number of carbonyl (C=O) groups excluding carboxylic acids is 2. The van der Waals surface area contributed by atoms with Gasteiger partial charge in [-0.1, -0.05) is 31.5 Å². The summed E-state index contributed by atoms with van der Waals surface area (Å²) in [6.45, 7) is 8.98. The summed E-state index contributed by atoms with van der Waals surface area (Å²) in [6.07, 6.45) is 4.17. The van der Waals surface area contributed by atoms with E-state index in [1.807, 2.05) is 38.1 Å². The van der Waals surface area contributed by atoms with Crippen molar-refractivity contribution < 1.29 is 9.59 Å². The fraction of sp³-hybridized carbons (Fsp3) is 0.429. The Bertz CT molecular complexity index is 755. The molecule has 0 bridgehead atoms. The molecule has 0 fully saturated rings. The van der Waals surface area contributed by atoms with Crippen LogP contribution in [0, 0.1) is 19.8 Å². The summed E-state index contributed by atoms with van der Waals surface area (Å²) in [7, 11) is 0. The molecule has 0 spiro atoms. The molecule has 0 aliphatic carbocycles. The highest BCUT2D eigenvalue weighted by Crippen LogP contribution is 2.11. The van der Waals surface area contributed by atoms with E-state index in [0.29, 0.717) is 24.7 Å². The van der Waals surface area contributed by atoms with Crippen molar-refractivity contribution in [3.05, 3.63) is 53.6 Å². The normalized spacial score (nSPS) is 10.7.